The highest BCUT2D eigenvalue weighted by Gasteiger charge is 2.37. The number of nitrogens with two attached hydrogens (primary N) is 1. The Morgan fingerprint density at radius 3 is 2.09 bits per heavy atom. The number of hydrogen-bond donors (Lipinski definition) is 2. The van der Waals surface area contributed by atoms with Crippen LogP contribution in [0.15, 0.2) is 146 Å². The molecule has 0 aliphatic heterocycles. The highest BCUT2D eigenvalue weighted by molar-refractivity contribution is 5.97. The van der Waals surface area contributed by atoms with E-state index in [1.165, 1.54) is 55.3 Å². The average molecular weight is 557 g/mol. The first-order valence-electron chi connectivity index (χ1n) is 15.1. The van der Waals surface area contributed by atoms with Crippen LogP contribution in [0.5, 0.6) is 0 Å². The number of benzene rings is 6. The Morgan fingerprint density at radius 1 is 0.674 bits per heavy atom. The highest BCUT2D eigenvalue weighted by atomic mass is 15.0. The maximum Gasteiger partial charge on any atom is 0.101 e. The molecule has 0 aromatic heterocycles. The lowest BCUT2D eigenvalue weighted by Gasteiger charge is -2.23. The fourth-order valence-corrected chi connectivity index (χ4v) is 6.58. The fourth-order valence-electron chi connectivity index (χ4n) is 6.58. The van der Waals surface area contributed by atoms with Crippen molar-refractivity contribution in [3.8, 4) is 22.3 Å². The molecule has 1 aliphatic rings. The van der Waals surface area contributed by atoms with E-state index < -0.39 is 0 Å². The number of nitrogens with one attached hydrogen (secondary N) is 1. The number of hydrogen-bond acceptors (Lipinski definition) is 2. The molecule has 1 atom stereocenters. The molecule has 0 spiro atoms. The topological polar surface area (TPSA) is 38.0 Å². The van der Waals surface area contributed by atoms with Crippen LogP contribution in [0.2, 0.25) is 0 Å². The Labute approximate surface area is 254 Å². The zero-order valence-electron chi connectivity index (χ0n) is 24.7. The van der Waals surface area contributed by atoms with E-state index in [0.29, 0.717) is 0 Å². The first-order valence-corrected chi connectivity index (χ1v) is 15.1. The molecule has 43 heavy (non-hydrogen) atoms. The van der Waals surface area contributed by atoms with Crippen molar-refractivity contribution in [2.45, 2.75) is 31.8 Å². The molecule has 7 rings (SSSR count). The van der Waals surface area contributed by atoms with E-state index in [4.69, 9.17) is 5.73 Å². The fraction of sp³-hybridized carbons (Fsp3) is 0.122. The van der Waals surface area contributed by atoms with Gasteiger partial charge in [-0.1, -0.05) is 147 Å². The second-order valence-electron chi connectivity index (χ2n) is 12.0. The van der Waals surface area contributed by atoms with Crippen molar-refractivity contribution in [2.75, 3.05) is 0 Å². The summed E-state index contributed by atoms with van der Waals surface area (Å²) in [6, 6.07) is 49.8. The molecule has 3 N–H and O–H groups in total. The van der Waals surface area contributed by atoms with Gasteiger partial charge in [0, 0.05) is 16.7 Å². The molecule has 1 unspecified atom stereocenters. The molecule has 0 heterocycles. The Bertz CT molecular complexity index is 1950. The molecule has 210 valence electrons. The van der Waals surface area contributed by atoms with Crippen molar-refractivity contribution in [3.05, 3.63) is 173 Å². The van der Waals surface area contributed by atoms with Gasteiger partial charge in [-0.05, 0) is 73.8 Å². The van der Waals surface area contributed by atoms with Crippen molar-refractivity contribution in [2.24, 2.45) is 5.73 Å². The zero-order valence-corrected chi connectivity index (χ0v) is 24.7. The van der Waals surface area contributed by atoms with E-state index in [1.54, 1.807) is 0 Å². The Morgan fingerprint density at radius 2 is 1.33 bits per heavy atom. The zero-order chi connectivity index (χ0) is 29.4. The minimum absolute atomic E-state index is 0.110. The summed E-state index contributed by atoms with van der Waals surface area (Å²) in [4.78, 5) is 0. The SMILES string of the molecule is CC1(C)c2cc3ccccc3cc2-c2c(/C(=C/Cc3cccc(-c4ccccc4)c3)NC(N)c3ccccc3)cccc21. The van der Waals surface area contributed by atoms with Crippen molar-refractivity contribution in [1.29, 1.82) is 0 Å². The van der Waals surface area contributed by atoms with Gasteiger partial charge in [0.05, 0.1) is 0 Å². The summed E-state index contributed by atoms with van der Waals surface area (Å²) in [6.07, 6.45) is 2.75. The third-order valence-electron chi connectivity index (χ3n) is 8.90. The molecule has 0 saturated carbocycles. The van der Waals surface area contributed by atoms with Gasteiger partial charge in [-0.2, -0.15) is 0 Å². The maximum atomic E-state index is 6.82. The van der Waals surface area contributed by atoms with Gasteiger partial charge in [-0.3, -0.25) is 0 Å². The summed E-state index contributed by atoms with van der Waals surface area (Å²) in [6.45, 7) is 4.69. The molecule has 0 amide bonds. The quantitative estimate of drug-likeness (QED) is 0.192. The molecule has 0 saturated heterocycles. The van der Waals surface area contributed by atoms with Crippen LogP contribution in [0.3, 0.4) is 0 Å². The molecular formula is C41H36N2. The van der Waals surface area contributed by atoms with Crippen LogP contribution in [-0.4, -0.2) is 0 Å². The highest BCUT2D eigenvalue weighted by Crippen LogP contribution is 2.52. The van der Waals surface area contributed by atoms with Crippen LogP contribution in [0.25, 0.3) is 38.7 Å². The minimum Gasteiger partial charge on any atom is -0.366 e. The van der Waals surface area contributed by atoms with Crippen LogP contribution >= 0.6 is 0 Å². The van der Waals surface area contributed by atoms with Crippen molar-refractivity contribution in [1.82, 2.24) is 5.32 Å². The molecule has 2 nitrogen and oxygen atoms in total. The van der Waals surface area contributed by atoms with Gasteiger partial charge < -0.3 is 11.1 Å². The molecule has 1 aliphatic carbocycles. The van der Waals surface area contributed by atoms with E-state index in [1.807, 2.05) is 18.2 Å². The Balaban J connectivity index is 1.35. The van der Waals surface area contributed by atoms with Gasteiger partial charge in [-0.15, -0.1) is 0 Å². The molecule has 0 bridgehead atoms. The molecule has 2 heteroatoms. The largest absolute Gasteiger partial charge is 0.366 e. The second-order valence-corrected chi connectivity index (χ2v) is 12.0. The van der Waals surface area contributed by atoms with E-state index in [0.717, 1.165) is 17.7 Å². The average Bonchev–Trinajstić information content (AvgIpc) is 3.28. The normalized spacial score (nSPS) is 14.3. The van der Waals surface area contributed by atoms with Crippen molar-refractivity contribution < 1.29 is 0 Å². The lowest BCUT2D eigenvalue weighted by molar-refractivity contribution is 0.659. The van der Waals surface area contributed by atoms with Gasteiger partial charge in [0.2, 0.25) is 0 Å². The van der Waals surface area contributed by atoms with Crippen LogP contribution in [0, 0.1) is 0 Å². The molecule has 6 aromatic carbocycles. The molecule has 6 aromatic rings. The van der Waals surface area contributed by atoms with Crippen LogP contribution in [-0.2, 0) is 11.8 Å². The van der Waals surface area contributed by atoms with Gasteiger partial charge in [-0.25, -0.2) is 0 Å². The van der Waals surface area contributed by atoms with E-state index in [-0.39, 0.29) is 11.6 Å². The van der Waals surface area contributed by atoms with Crippen LogP contribution in [0.1, 0.15) is 47.8 Å². The van der Waals surface area contributed by atoms with Gasteiger partial charge in [0.1, 0.15) is 6.17 Å². The van der Waals surface area contributed by atoms with Crippen molar-refractivity contribution >= 4 is 16.5 Å². The van der Waals surface area contributed by atoms with E-state index >= 15 is 0 Å². The predicted octanol–water partition coefficient (Wildman–Crippen LogP) is 9.64. The molecule has 0 fully saturated rings. The van der Waals surface area contributed by atoms with Crippen LogP contribution < -0.4 is 11.1 Å². The summed E-state index contributed by atoms with van der Waals surface area (Å²) < 4.78 is 0. The maximum absolute atomic E-state index is 6.82. The van der Waals surface area contributed by atoms with E-state index in [2.05, 4.69) is 147 Å². The third kappa shape index (κ3) is 5.05. The van der Waals surface area contributed by atoms with Gasteiger partial charge in [0.15, 0.2) is 0 Å². The van der Waals surface area contributed by atoms with Crippen molar-refractivity contribution in [3.63, 3.8) is 0 Å². The van der Waals surface area contributed by atoms with Gasteiger partial charge >= 0.3 is 0 Å². The lowest BCUT2D eigenvalue weighted by Crippen LogP contribution is -2.28. The number of allylic oxidation sites excluding steroid dienone is 1. The second kappa shape index (κ2) is 11.1. The Kier molecular flexibility index (Phi) is 6.93. The standard InChI is InChI=1S/C41H36N2/c1-41(2)36-22-12-21-34(39(36)35-26-32-18-9-10-19-33(32)27-37(35)41)38(43-40(42)30-16-7-4-8-17-30)24-23-28-13-11-20-31(25-28)29-14-5-3-6-15-29/h3-22,24-27,40,43H,23,42H2,1-2H3/b38-24-. The Hall–Kier alpha value is -4.92. The monoisotopic (exact) mass is 556 g/mol. The summed E-state index contributed by atoms with van der Waals surface area (Å²) in [5.74, 6) is 0. The minimum atomic E-state index is -0.343. The summed E-state index contributed by atoms with van der Waals surface area (Å²) >= 11 is 0. The first-order chi connectivity index (χ1) is 21.0. The summed E-state index contributed by atoms with van der Waals surface area (Å²) in [7, 11) is 0. The van der Waals surface area contributed by atoms with Gasteiger partial charge in [0.25, 0.3) is 0 Å². The number of rotatable bonds is 7. The molecule has 0 radical (unpaired) electrons. The molecular weight excluding hydrogens is 520 g/mol. The van der Waals surface area contributed by atoms with E-state index in [9.17, 15) is 0 Å². The smallest absolute Gasteiger partial charge is 0.101 e. The lowest BCUT2D eigenvalue weighted by atomic mass is 9.81. The first kappa shape index (κ1) is 26.9. The summed E-state index contributed by atoms with van der Waals surface area (Å²) in [5, 5.41) is 6.27. The van der Waals surface area contributed by atoms with Crippen LogP contribution in [0.4, 0.5) is 0 Å². The number of fused-ring (bicyclic) bond motifs is 4. The summed E-state index contributed by atoms with van der Waals surface area (Å²) in [5.41, 5.74) is 19.0. The predicted molar refractivity (Wildman–Crippen MR) is 182 cm³/mol. The third-order valence-corrected chi connectivity index (χ3v) is 8.90.